The molecule has 0 spiro atoms. The van der Waals surface area contributed by atoms with Crippen molar-refractivity contribution in [2.45, 2.75) is 25.8 Å². The molecule has 1 saturated carbocycles. The Balaban J connectivity index is 1.69. The van der Waals surface area contributed by atoms with E-state index < -0.39 is 17.8 Å². The maximum atomic E-state index is 12.1. The van der Waals surface area contributed by atoms with Crippen LogP contribution in [0.1, 0.15) is 31.4 Å². The van der Waals surface area contributed by atoms with Crippen molar-refractivity contribution in [1.82, 2.24) is 5.32 Å². The lowest BCUT2D eigenvalue weighted by molar-refractivity contribution is -0.140. The van der Waals surface area contributed by atoms with Gasteiger partial charge in [-0.2, -0.15) is 0 Å². The third-order valence-electron chi connectivity index (χ3n) is 4.14. The maximum Gasteiger partial charge on any atom is 0.307 e. The van der Waals surface area contributed by atoms with Gasteiger partial charge in [-0.1, -0.05) is 13.0 Å². The molecular formula is C16H19NO5. The normalized spacial score (nSPS) is 23.5. The number of carboxylic acid groups (broad SMARTS) is 1. The van der Waals surface area contributed by atoms with Gasteiger partial charge >= 0.3 is 5.97 Å². The smallest absolute Gasteiger partial charge is 0.307 e. The minimum Gasteiger partial charge on any atom is -0.486 e. The zero-order valence-corrected chi connectivity index (χ0v) is 12.4. The third-order valence-corrected chi connectivity index (χ3v) is 4.14. The van der Waals surface area contributed by atoms with E-state index in [-0.39, 0.29) is 11.9 Å². The van der Waals surface area contributed by atoms with Crippen molar-refractivity contribution in [3.63, 3.8) is 0 Å². The van der Waals surface area contributed by atoms with Gasteiger partial charge in [-0.05, 0) is 30.5 Å². The Kier molecular flexibility index (Phi) is 3.92. The summed E-state index contributed by atoms with van der Waals surface area (Å²) in [6.07, 6.45) is 1.15. The first-order valence-corrected chi connectivity index (χ1v) is 7.53. The van der Waals surface area contributed by atoms with Crippen molar-refractivity contribution in [3.8, 4) is 11.5 Å². The summed E-state index contributed by atoms with van der Waals surface area (Å²) in [5.41, 5.74) is 0.938. The van der Waals surface area contributed by atoms with Gasteiger partial charge < -0.3 is 19.9 Å². The van der Waals surface area contributed by atoms with Crippen molar-refractivity contribution in [3.05, 3.63) is 23.8 Å². The van der Waals surface area contributed by atoms with Gasteiger partial charge in [0.25, 0.3) is 0 Å². The molecule has 1 aromatic carbocycles. The van der Waals surface area contributed by atoms with E-state index in [0.29, 0.717) is 31.1 Å². The Hall–Kier alpha value is -2.24. The lowest BCUT2D eigenvalue weighted by Gasteiger charge is -2.22. The van der Waals surface area contributed by atoms with Crippen LogP contribution in [0.15, 0.2) is 18.2 Å². The predicted molar refractivity (Wildman–Crippen MR) is 77.8 cm³/mol. The van der Waals surface area contributed by atoms with Crippen LogP contribution in [-0.4, -0.2) is 30.2 Å². The second-order valence-corrected chi connectivity index (χ2v) is 5.66. The van der Waals surface area contributed by atoms with Crippen molar-refractivity contribution >= 4 is 11.9 Å². The number of amides is 1. The lowest BCUT2D eigenvalue weighted by Crippen LogP contribution is -2.30. The molecule has 22 heavy (non-hydrogen) atoms. The summed E-state index contributed by atoms with van der Waals surface area (Å²) in [6.45, 7) is 3.03. The molecule has 1 aromatic rings. The van der Waals surface area contributed by atoms with Crippen LogP contribution in [0, 0.1) is 11.8 Å². The van der Waals surface area contributed by atoms with Crippen molar-refractivity contribution in [2.75, 3.05) is 13.2 Å². The first-order valence-electron chi connectivity index (χ1n) is 7.53. The van der Waals surface area contributed by atoms with Crippen LogP contribution in [0.5, 0.6) is 11.5 Å². The van der Waals surface area contributed by atoms with Crippen LogP contribution < -0.4 is 14.8 Å². The monoisotopic (exact) mass is 305 g/mol. The Morgan fingerprint density at radius 2 is 2.00 bits per heavy atom. The number of rotatable bonds is 5. The molecule has 0 aromatic heterocycles. The van der Waals surface area contributed by atoms with Gasteiger partial charge in [-0.25, -0.2) is 0 Å². The van der Waals surface area contributed by atoms with E-state index in [2.05, 4.69) is 5.32 Å². The highest BCUT2D eigenvalue weighted by Crippen LogP contribution is 2.39. The molecule has 3 rings (SSSR count). The van der Waals surface area contributed by atoms with Crippen molar-refractivity contribution in [2.24, 2.45) is 11.8 Å². The SMILES string of the molecule is CC[C@H](NC(=O)[C@H]1C[C@@H]1C(=O)O)c1ccc2c(c1)OCCO2. The number of hydrogen-bond donors (Lipinski definition) is 2. The molecule has 2 aliphatic rings. The number of ether oxygens (including phenoxy) is 2. The Bertz CT molecular complexity index is 600. The molecule has 1 aliphatic heterocycles. The highest BCUT2D eigenvalue weighted by atomic mass is 16.6. The highest BCUT2D eigenvalue weighted by Gasteiger charge is 2.48. The summed E-state index contributed by atoms with van der Waals surface area (Å²) in [4.78, 5) is 23.0. The largest absolute Gasteiger partial charge is 0.486 e. The number of carbonyl (C=O) groups is 2. The molecule has 1 aliphatic carbocycles. The summed E-state index contributed by atoms with van der Waals surface area (Å²) in [7, 11) is 0. The van der Waals surface area contributed by atoms with E-state index in [1.807, 2.05) is 25.1 Å². The molecule has 118 valence electrons. The molecule has 6 heteroatoms. The second-order valence-electron chi connectivity index (χ2n) is 5.66. The number of carbonyl (C=O) groups excluding carboxylic acids is 1. The zero-order chi connectivity index (χ0) is 15.7. The van der Waals surface area contributed by atoms with Crippen LogP contribution in [0.2, 0.25) is 0 Å². The Morgan fingerprint density at radius 1 is 1.27 bits per heavy atom. The number of hydrogen-bond acceptors (Lipinski definition) is 4. The fraction of sp³-hybridized carbons (Fsp3) is 0.500. The van der Waals surface area contributed by atoms with Gasteiger partial charge in [0, 0.05) is 0 Å². The molecule has 6 nitrogen and oxygen atoms in total. The standard InChI is InChI=1S/C16H19NO5/c1-2-12(17-15(18)10-8-11(10)16(19)20)9-3-4-13-14(7-9)22-6-5-21-13/h3-4,7,10-12H,2,5-6,8H2,1H3,(H,17,18)(H,19,20)/t10-,11-,12-/m0/s1. The molecule has 1 fully saturated rings. The van der Waals surface area contributed by atoms with Gasteiger partial charge in [-0.3, -0.25) is 9.59 Å². The summed E-state index contributed by atoms with van der Waals surface area (Å²) < 4.78 is 11.0. The highest BCUT2D eigenvalue weighted by molar-refractivity contribution is 5.89. The summed E-state index contributed by atoms with van der Waals surface area (Å²) in [5, 5.41) is 11.8. The number of aliphatic carboxylic acids is 1. The van der Waals surface area contributed by atoms with Crippen LogP contribution in [0.25, 0.3) is 0 Å². The summed E-state index contributed by atoms with van der Waals surface area (Å²) >= 11 is 0. The molecule has 0 unspecified atom stereocenters. The van der Waals surface area contributed by atoms with E-state index in [1.54, 1.807) is 0 Å². The van der Waals surface area contributed by atoms with E-state index in [0.717, 1.165) is 12.0 Å². The van der Waals surface area contributed by atoms with Crippen LogP contribution in [0.3, 0.4) is 0 Å². The maximum absolute atomic E-state index is 12.1. The van der Waals surface area contributed by atoms with Gasteiger partial charge in [-0.15, -0.1) is 0 Å². The van der Waals surface area contributed by atoms with E-state index >= 15 is 0 Å². The first kappa shape index (κ1) is 14.7. The van der Waals surface area contributed by atoms with Crippen LogP contribution in [-0.2, 0) is 9.59 Å². The minimum absolute atomic E-state index is 0.154. The van der Waals surface area contributed by atoms with Gasteiger partial charge in [0.1, 0.15) is 13.2 Å². The molecular weight excluding hydrogens is 286 g/mol. The first-order chi connectivity index (χ1) is 10.6. The van der Waals surface area contributed by atoms with Crippen molar-refractivity contribution < 1.29 is 24.2 Å². The van der Waals surface area contributed by atoms with E-state index in [9.17, 15) is 9.59 Å². The molecule has 0 radical (unpaired) electrons. The third kappa shape index (κ3) is 2.86. The van der Waals surface area contributed by atoms with E-state index in [4.69, 9.17) is 14.6 Å². The van der Waals surface area contributed by atoms with Crippen LogP contribution in [0.4, 0.5) is 0 Å². The molecule has 1 heterocycles. The minimum atomic E-state index is -0.896. The molecule has 3 atom stereocenters. The lowest BCUT2D eigenvalue weighted by atomic mass is 10.0. The van der Waals surface area contributed by atoms with E-state index in [1.165, 1.54) is 0 Å². The molecule has 0 bridgehead atoms. The van der Waals surface area contributed by atoms with Gasteiger partial charge in [0.05, 0.1) is 17.9 Å². The number of nitrogens with one attached hydrogen (secondary N) is 1. The molecule has 2 N–H and O–H groups in total. The zero-order valence-electron chi connectivity index (χ0n) is 12.4. The topological polar surface area (TPSA) is 84.9 Å². The summed E-state index contributed by atoms with van der Waals surface area (Å²) in [5.74, 6) is -0.612. The Morgan fingerprint density at radius 3 is 2.64 bits per heavy atom. The predicted octanol–water partition coefficient (Wildman–Crippen LogP) is 1.75. The number of carboxylic acids is 1. The molecule has 0 saturated heterocycles. The van der Waals surface area contributed by atoms with Crippen molar-refractivity contribution in [1.29, 1.82) is 0 Å². The average molecular weight is 305 g/mol. The fourth-order valence-corrected chi connectivity index (χ4v) is 2.73. The number of benzene rings is 1. The molecule has 1 amide bonds. The van der Waals surface area contributed by atoms with Gasteiger partial charge in [0.15, 0.2) is 11.5 Å². The van der Waals surface area contributed by atoms with Crippen LogP contribution >= 0.6 is 0 Å². The number of fused-ring (bicyclic) bond motifs is 1. The van der Waals surface area contributed by atoms with Gasteiger partial charge in [0.2, 0.25) is 5.91 Å². The fourth-order valence-electron chi connectivity index (χ4n) is 2.73. The Labute approximate surface area is 128 Å². The quantitative estimate of drug-likeness (QED) is 0.865. The second kappa shape index (κ2) is 5.87. The summed E-state index contributed by atoms with van der Waals surface area (Å²) in [6, 6.07) is 5.47. The average Bonchev–Trinajstić information content (AvgIpc) is 3.33.